The van der Waals surface area contributed by atoms with Crippen LogP contribution in [-0.4, -0.2) is 17.8 Å². The first-order valence-corrected chi connectivity index (χ1v) is 6.45. The van der Waals surface area contributed by atoms with E-state index < -0.39 is 6.09 Å². The van der Waals surface area contributed by atoms with Crippen LogP contribution in [0.1, 0.15) is 24.8 Å². The highest BCUT2D eigenvalue weighted by Gasteiger charge is 2.07. The molecule has 1 aromatic carbocycles. The second-order valence-corrected chi connectivity index (χ2v) is 4.46. The Kier molecular flexibility index (Phi) is 7.35. The molecule has 0 radical (unpaired) electrons. The number of carboxylic acid groups (broad SMARTS) is 1. The fourth-order valence-electron chi connectivity index (χ4n) is 1.92. The van der Waals surface area contributed by atoms with Crippen LogP contribution in [0.5, 0.6) is 0 Å². The van der Waals surface area contributed by atoms with Crippen molar-refractivity contribution in [2.75, 3.05) is 6.61 Å². The molecule has 2 rings (SSSR count). The van der Waals surface area contributed by atoms with E-state index in [4.69, 9.17) is 14.6 Å². The molecule has 0 bridgehead atoms. The molecular formula is C15H21NO3. The fourth-order valence-corrected chi connectivity index (χ4v) is 1.92. The molecule has 1 amide bonds. The van der Waals surface area contributed by atoms with Gasteiger partial charge < -0.3 is 15.6 Å². The topological polar surface area (TPSA) is 72.5 Å². The lowest BCUT2D eigenvalue weighted by molar-refractivity contribution is 0.0956. The monoisotopic (exact) mass is 263 g/mol. The van der Waals surface area contributed by atoms with Gasteiger partial charge in [0.25, 0.3) is 0 Å². The number of primary amides is 1. The van der Waals surface area contributed by atoms with E-state index in [1.165, 1.54) is 24.8 Å². The summed E-state index contributed by atoms with van der Waals surface area (Å²) >= 11 is 0. The number of benzene rings is 1. The van der Waals surface area contributed by atoms with Gasteiger partial charge in [0.2, 0.25) is 0 Å². The Balaban J connectivity index is 0.000000399. The quantitative estimate of drug-likeness (QED) is 0.819. The zero-order valence-electron chi connectivity index (χ0n) is 11.0. The molecule has 19 heavy (non-hydrogen) atoms. The Hall–Kier alpha value is -1.81. The van der Waals surface area contributed by atoms with Gasteiger partial charge in [-0.2, -0.15) is 0 Å². The summed E-state index contributed by atoms with van der Waals surface area (Å²) in [5.74, 6) is 0.641. The van der Waals surface area contributed by atoms with Crippen LogP contribution in [-0.2, 0) is 11.3 Å². The first-order chi connectivity index (χ1) is 9.18. The second-order valence-electron chi connectivity index (χ2n) is 4.46. The lowest BCUT2D eigenvalue weighted by atomic mass is 9.97. The van der Waals surface area contributed by atoms with Crippen LogP contribution in [0.4, 0.5) is 4.79 Å². The largest absolute Gasteiger partial charge is 0.465 e. The summed E-state index contributed by atoms with van der Waals surface area (Å²) in [4.78, 5) is 8.78. The van der Waals surface area contributed by atoms with E-state index in [1.54, 1.807) is 0 Å². The maximum atomic E-state index is 8.78. The summed E-state index contributed by atoms with van der Waals surface area (Å²) in [5, 5.41) is 7.19. The van der Waals surface area contributed by atoms with Crippen molar-refractivity contribution in [1.82, 2.24) is 0 Å². The van der Waals surface area contributed by atoms with Gasteiger partial charge in [0.15, 0.2) is 0 Å². The molecule has 0 aliphatic heterocycles. The van der Waals surface area contributed by atoms with Gasteiger partial charge in [-0.05, 0) is 24.8 Å². The minimum atomic E-state index is -1.33. The lowest BCUT2D eigenvalue weighted by Crippen LogP contribution is -2.09. The van der Waals surface area contributed by atoms with Crippen molar-refractivity contribution in [3.8, 4) is 0 Å². The van der Waals surface area contributed by atoms with Crippen molar-refractivity contribution in [2.24, 2.45) is 11.7 Å². The van der Waals surface area contributed by atoms with Gasteiger partial charge in [0.05, 0.1) is 13.2 Å². The van der Waals surface area contributed by atoms with Gasteiger partial charge >= 0.3 is 6.09 Å². The summed E-state index contributed by atoms with van der Waals surface area (Å²) in [6, 6.07) is 10.4. The molecule has 3 N–H and O–H groups in total. The van der Waals surface area contributed by atoms with E-state index in [2.05, 4.69) is 42.2 Å². The molecule has 4 nitrogen and oxygen atoms in total. The average molecular weight is 263 g/mol. The molecule has 0 saturated carbocycles. The molecule has 1 atom stereocenters. The Morgan fingerprint density at radius 2 is 2.05 bits per heavy atom. The highest BCUT2D eigenvalue weighted by atomic mass is 16.5. The van der Waals surface area contributed by atoms with Crippen molar-refractivity contribution < 1.29 is 14.6 Å². The van der Waals surface area contributed by atoms with E-state index >= 15 is 0 Å². The molecule has 1 aromatic rings. The SMILES string of the molecule is C1=CC(COCc2ccccc2)CCC1.NC(=O)O. The van der Waals surface area contributed by atoms with E-state index in [-0.39, 0.29) is 0 Å². The normalized spacial score (nSPS) is 17.4. The van der Waals surface area contributed by atoms with Crippen LogP contribution in [0.25, 0.3) is 0 Å². The predicted molar refractivity (Wildman–Crippen MR) is 74.8 cm³/mol. The maximum absolute atomic E-state index is 8.78. The van der Waals surface area contributed by atoms with Crippen LogP contribution < -0.4 is 5.73 Å². The molecule has 0 aromatic heterocycles. The Morgan fingerprint density at radius 3 is 2.63 bits per heavy atom. The Morgan fingerprint density at radius 1 is 1.37 bits per heavy atom. The highest BCUT2D eigenvalue weighted by molar-refractivity contribution is 5.61. The molecule has 4 heteroatoms. The molecule has 1 aliphatic rings. The zero-order valence-corrected chi connectivity index (χ0v) is 11.0. The smallest absolute Gasteiger partial charge is 0.402 e. The molecule has 1 aliphatic carbocycles. The van der Waals surface area contributed by atoms with Crippen LogP contribution in [0.15, 0.2) is 42.5 Å². The fraction of sp³-hybridized carbons (Fsp3) is 0.400. The summed E-state index contributed by atoms with van der Waals surface area (Å²) < 4.78 is 5.71. The third kappa shape index (κ3) is 8.00. The number of amides is 1. The Labute approximate surface area is 113 Å². The van der Waals surface area contributed by atoms with Crippen molar-refractivity contribution in [2.45, 2.75) is 25.9 Å². The maximum Gasteiger partial charge on any atom is 0.402 e. The molecule has 0 heterocycles. The number of rotatable bonds is 4. The minimum absolute atomic E-state index is 0.641. The third-order valence-electron chi connectivity index (χ3n) is 2.80. The molecular weight excluding hydrogens is 242 g/mol. The van der Waals surface area contributed by atoms with Crippen LogP contribution in [0.3, 0.4) is 0 Å². The molecule has 0 saturated heterocycles. The summed E-state index contributed by atoms with van der Waals surface area (Å²) in [6.07, 6.45) is 7.09. The van der Waals surface area contributed by atoms with Gasteiger partial charge in [0.1, 0.15) is 0 Å². The van der Waals surface area contributed by atoms with Gasteiger partial charge in [-0.25, -0.2) is 4.79 Å². The first-order valence-electron chi connectivity index (χ1n) is 6.45. The number of ether oxygens (including phenoxy) is 1. The number of carbonyl (C=O) groups is 1. The summed E-state index contributed by atoms with van der Waals surface area (Å²) in [7, 11) is 0. The highest BCUT2D eigenvalue weighted by Crippen LogP contribution is 2.17. The number of hydrogen-bond donors (Lipinski definition) is 2. The van der Waals surface area contributed by atoms with Crippen molar-refractivity contribution >= 4 is 6.09 Å². The third-order valence-corrected chi connectivity index (χ3v) is 2.80. The van der Waals surface area contributed by atoms with Crippen molar-refractivity contribution in [3.05, 3.63) is 48.0 Å². The molecule has 1 unspecified atom stereocenters. The zero-order chi connectivity index (χ0) is 13.9. The Bertz CT molecular complexity index is 386. The van der Waals surface area contributed by atoms with Crippen LogP contribution in [0, 0.1) is 5.92 Å². The van der Waals surface area contributed by atoms with E-state index in [9.17, 15) is 0 Å². The van der Waals surface area contributed by atoms with Crippen LogP contribution >= 0.6 is 0 Å². The van der Waals surface area contributed by atoms with Gasteiger partial charge in [-0.3, -0.25) is 0 Å². The number of nitrogens with two attached hydrogens (primary N) is 1. The first kappa shape index (κ1) is 15.2. The standard InChI is InChI=1S/C14H18O.CH3NO2/c1-3-7-13(8-4-1)11-15-12-14-9-5-2-6-10-14;2-1(3)4/h1,3-5,7-9,14H,2,6,10-12H2;2H2,(H,3,4). The van der Waals surface area contributed by atoms with E-state index in [1.807, 2.05) is 6.07 Å². The van der Waals surface area contributed by atoms with Gasteiger partial charge in [-0.15, -0.1) is 0 Å². The second kappa shape index (κ2) is 9.16. The molecule has 104 valence electrons. The summed E-state index contributed by atoms with van der Waals surface area (Å²) in [5.41, 5.74) is 5.29. The average Bonchev–Trinajstić information content (AvgIpc) is 2.41. The number of hydrogen-bond acceptors (Lipinski definition) is 2. The van der Waals surface area contributed by atoms with E-state index in [0.29, 0.717) is 5.92 Å². The van der Waals surface area contributed by atoms with Crippen molar-refractivity contribution in [3.63, 3.8) is 0 Å². The predicted octanol–water partition coefficient (Wildman–Crippen LogP) is 3.18. The number of allylic oxidation sites excluding steroid dienone is 1. The van der Waals surface area contributed by atoms with Gasteiger partial charge in [0, 0.05) is 5.92 Å². The van der Waals surface area contributed by atoms with Crippen molar-refractivity contribution in [1.29, 1.82) is 0 Å². The molecule has 0 spiro atoms. The minimum Gasteiger partial charge on any atom is -0.465 e. The summed E-state index contributed by atoms with van der Waals surface area (Å²) in [6.45, 7) is 1.61. The van der Waals surface area contributed by atoms with Crippen LogP contribution in [0.2, 0.25) is 0 Å². The van der Waals surface area contributed by atoms with Gasteiger partial charge in [-0.1, -0.05) is 42.5 Å². The molecule has 0 fully saturated rings. The lowest BCUT2D eigenvalue weighted by Gasteiger charge is -2.16. The van der Waals surface area contributed by atoms with E-state index in [0.717, 1.165) is 13.2 Å².